The lowest BCUT2D eigenvalue weighted by atomic mass is 10.2. The summed E-state index contributed by atoms with van der Waals surface area (Å²) in [4.78, 5) is 21.7. The lowest BCUT2D eigenvalue weighted by Gasteiger charge is -2.24. The Bertz CT molecular complexity index is 769. The highest BCUT2D eigenvalue weighted by atomic mass is 16.6. The second-order valence-electron chi connectivity index (χ2n) is 6.92. The first-order valence-corrected chi connectivity index (χ1v) is 8.09. The first-order chi connectivity index (χ1) is 11.8. The van der Waals surface area contributed by atoms with E-state index < -0.39 is 5.60 Å². The summed E-state index contributed by atoms with van der Waals surface area (Å²) in [5.74, 6) is 2.06. The Morgan fingerprint density at radius 3 is 2.48 bits per heavy atom. The van der Waals surface area contributed by atoms with Gasteiger partial charge >= 0.3 is 6.09 Å². The van der Waals surface area contributed by atoms with Crippen LogP contribution in [0, 0.1) is 0 Å². The molecule has 1 N–H and O–H groups in total. The van der Waals surface area contributed by atoms with Crippen LogP contribution in [0.3, 0.4) is 0 Å². The van der Waals surface area contributed by atoms with Crippen LogP contribution in [0.25, 0.3) is 11.4 Å². The maximum Gasteiger partial charge on any atom is 0.410 e. The molecule has 1 amide bonds. The molecule has 0 aliphatic carbocycles. The molecule has 0 radical (unpaired) electrons. The van der Waals surface area contributed by atoms with Crippen LogP contribution in [0.2, 0.25) is 0 Å². The van der Waals surface area contributed by atoms with Gasteiger partial charge in [0.1, 0.15) is 11.4 Å². The molecule has 0 atom stereocenters. The number of carbonyl (C=O) groups excluding carboxylic acids is 1. The van der Waals surface area contributed by atoms with Crippen LogP contribution < -0.4 is 9.47 Å². The molecule has 0 unspecified atom stereocenters. The van der Waals surface area contributed by atoms with Crippen LogP contribution in [-0.2, 0) is 17.8 Å². The minimum absolute atomic E-state index is 0.327. The molecule has 134 valence electrons. The maximum atomic E-state index is 12.2. The summed E-state index contributed by atoms with van der Waals surface area (Å²) in [5.41, 5.74) is 2.17. The third kappa shape index (κ3) is 3.55. The average Bonchev–Trinajstić information content (AvgIpc) is 3.11. The second-order valence-corrected chi connectivity index (χ2v) is 6.92. The van der Waals surface area contributed by atoms with Crippen LogP contribution in [-0.4, -0.2) is 40.8 Å². The van der Waals surface area contributed by atoms with Gasteiger partial charge in [-0.2, -0.15) is 0 Å². The zero-order valence-electron chi connectivity index (χ0n) is 15.2. The number of aromatic nitrogens is 2. The fourth-order valence-electron chi connectivity index (χ4n) is 2.71. The lowest BCUT2D eigenvalue weighted by Crippen LogP contribution is -2.33. The van der Waals surface area contributed by atoms with Gasteiger partial charge in [0, 0.05) is 5.56 Å². The van der Waals surface area contributed by atoms with Gasteiger partial charge in [-0.05, 0) is 39.0 Å². The highest BCUT2D eigenvalue weighted by Crippen LogP contribution is 2.33. The molecule has 1 aliphatic heterocycles. The molecule has 1 aliphatic rings. The lowest BCUT2D eigenvalue weighted by molar-refractivity contribution is 0.0239. The predicted molar refractivity (Wildman–Crippen MR) is 92.6 cm³/mol. The first-order valence-electron chi connectivity index (χ1n) is 8.09. The van der Waals surface area contributed by atoms with Gasteiger partial charge in [-0.1, -0.05) is 0 Å². The largest absolute Gasteiger partial charge is 0.493 e. The van der Waals surface area contributed by atoms with E-state index in [4.69, 9.17) is 14.2 Å². The van der Waals surface area contributed by atoms with Gasteiger partial charge in [0.15, 0.2) is 11.5 Å². The van der Waals surface area contributed by atoms with E-state index in [1.165, 1.54) is 0 Å². The van der Waals surface area contributed by atoms with Crippen molar-refractivity contribution in [2.45, 2.75) is 39.5 Å². The monoisotopic (exact) mass is 345 g/mol. The minimum Gasteiger partial charge on any atom is -0.493 e. The molecule has 7 heteroatoms. The van der Waals surface area contributed by atoms with Gasteiger partial charge in [-0.3, -0.25) is 4.90 Å². The third-order valence-electron chi connectivity index (χ3n) is 3.86. The number of hydrogen-bond acceptors (Lipinski definition) is 5. The number of nitrogens with one attached hydrogen (secondary N) is 1. The van der Waals surface area contributed by atoms with Crippen molar-refractivity contribution in [1.82, 2.24) is 14.9 Å². The maximum absolute atomic E-state index is 12.2. The molecule has 7 nitrogen and oxygen atoms in total. The van der Waals surface area contributed by atoms with E-state index in [0.717, 1.165) is 22.8 Å². The number of carbonyl (C=O) groups is 1. The SMILES string of the molecule is COc1ccc(-c2nc3c([nH]2)CN(C(=O)OC(C)(C)C)C3)cc1OC. The molecule has 2 heterocycles. The molecule has 0 saturated heterocycles. The Morgan fingerprint density at radius 2 is 1.88 bits per heavy atom. The fourth-order valence-corrected chi connectivity index (χ4v) is 2.71. The van der Waals surface area contributed by atoms with E-state index >= 15 is 0 Å². The Balaban J connectivity index is 1.77. The summed E-state index contributed by atoms with van der Waals surface area (Å²) in [5, 5.41) is 0. The normalized spacial score (nSPS) is 13.6. The van der Waals surface area contributed by atoms with E-state index in [0.29, 0.717) is 24.6 Å². The van der Waals surface area contributed by atoms with E-state index in [1.807, 2.05) is 39.0 Å². The molecule has 0 saturated carbocycles. The zero-order valence-corrected chi connectivity index (χ0v) is 15.2. The quantitative estimate of drug-likeness (QED) is 0.923. The number of amides is 1. The number of benzene rings is 1. The first kappa shape index (κ1) is 17.1. The van der Waals surface area contributed by atoms with Gasteiger partial charge in [-0.25, -0.2) is 9.78 Å². The number of aromatic amines is 1. The van der Waals surface area contributed by atoms with Crippen molar-refractivity contribution in [2.75, 3.05) is 14.2 Å². The molecule has 1 aromatic carbocycles. The highest BCUT2D eigenvalue weighted by Gasteiger charge is 2.30. The summed E-state index contributed by atoms with van der Waals surface area (Å²) >= 11 is 0. The van der Waals surface area contributed by atoms with Crippen LogP contribution in [0.4, 0.5) is 4.79 Å². The Kier molecular flexibility index (Phi) is 4.32. The number of fused-ring (bicyclic) bond motifs is 1. The molecule has 0 spiro atoms. The van der Waals surface area contributed by atoms with Crippen molar-refractivity contribution in [3.05, 3.63) is 29.6 Å². The van der Waals surface area contributed by atoms with Crippen LogP contribution in [0.15, 0.2) is 18.2 Å². The van der Waals surface area contributed by atoms with E-state index in [-0.39, 0.29) is 6.09 Å². The average molecular weight is 345 g/mol. The molecule has 2 aromatic rings. The number of nitrogens with zero attached hydrogens (tertiary/aromatic N) is 2. The standard InChI is InChI=1S/C18H23N3O4/c1-18(2,3)25-17(22)21-9-12-13(10-21)20-16(19-12)11-6-7-14(23-4)15(8-11)24-5/h6-8H,9-10H2,1-5H3,(H,19,20). The van der Waals surface area contributed by atoms with Crippen molar-refractivity contribution in [2.24, 2.45) is 0 Å². The number of ether oxygens (including phenoxy) is 3. The van der Waals surface area contributed by atoms with E-state index in [9.17, 15) is 4.79 Å². The Morgan fingerprint density at radius 1 is 1.16 bits per heavy atom. The topological polar surface area (TPSA) is 76.7 Å². The number of imidazole rings is 1. The smallest absolute Gasteiger partial charge is 0.410 e. The Labute approximate surface area is 146 Å². The van der Waals surface area contributed by atoms with Crippen molar-refractivity contribution >= 4 is 6.09 Å². The minimum atomic E-state index is -0.508. The number of H-pyrrole nitrogens is 1. The van der Waals surface area contributed by atoms with E-state index in [2.05, 4.69) is 9.97 Å². The van der Waals surface area contributed by atoms with Gasteiger partial charge in [-0.15, -0.1) is 0 Å². The number of rotatable bonds is 3. The van der Waals surface area contributed by atoms with Gasteiger partial charge in [0.2, 0.25) is 0 Å². The molecule has 3 rings (SSSR count). The van der Waals surface area contributed by atoms with Crippen molar-refractivity contribution < 1.29 is 19.0 Å². The summed E-state index contributed by atoms with van der Waals surface area (Å²) in [7, 11) is 3.20. The summed E-state index contributed by atoms with van der Waals surface area (Å²) in [6.45, 7) is 6.47. The van der Waals surface area contributed by atoms with Crippen molar-refractivity contribution in [3.63, 3.8) is 0 Å². The summed E-state index contributed by atoms with van der Waals surface area (Å²) < 4.78 is 16.0. The van der Waals surface area contributed by atoms with Gasteiger partial charge in [0.25, 0.3) is 0 Å². The Hall–Kier alpha value is -2.70. The van der Waals surface area contributed by atoms with Crippen molar-refractivity contribution in [1.29, 1.82) is 0 Å². The third-order valence-corrected chi connectivity index (χ3v) is 3.86. The molecule has 25 heavy (non-hydrogen) atoms. The molecular formula is C18H23N3O4. The fraction of sp³-hybridized carbons (Fsp3) is 0.444. The highest BCUT2D eigenvalue weighted by molar-refractivity contribution is 5.69. The summed E-state index contributed by atoms with van der Waals surface area (Å²) in [6, 6.07) is 5.63. The molecule has 1 aromatic heterocycles. The van der Waals surface area contributed by atoms with Crippen LogP contribution >= 0.6 is 0 Å². The van der Waals surface area contributed by atoms with Crippen LogP contribution in [0.5, 0.6) is 11.5 Å². The van der Waals surface area contributed by atoms with E-state index in [1.54, 1.807) is 19.1 Å². The zero-order chi connectivity index (χ0) is 18.2. The van der Waals surface area contributed by atoms with Crippen molar-refractivity contribution in [3.8, 4) is 22.9 Å². The van der Waals surface area contributed by atoms with Crippen LogP contribution in [0.1, 0.15) is 32.2 Å². The molecule has 0 bridgehead atoms. The molecular weight excluding hydrogens is 322 g/mol. The molecule has 0 fully saturated rings. The predicted octanol–water partition coefficient (Wildman–Crippen LogP) is 3.34. The van der Waals surface area contributed by atoms with Gasteiger partial charge < -0.3 is 19.2 Å². The number of methoxy groups -OCH3 is 2. The van der Waals surface area contributed by atoms with Gasteiger partial charge in [0.05, 0.1) is 38.7 Å². The second kappa shape index (κ2) is 6.31. The summed E-state index contributed by atoms with van der Waals surface area (Å²) in [6.07, 6.45) is -0.327. The number of hydrogen-bond donors (Lipinski definition) is 1.